The van der Waals surface area contributed by atoms with Gasteiger partial charge in [0.1, 0.15) is 5.03 Å². The molecule has 5 saturated carbocycles. The van der Waals surface area contributed by atoms with Gasteiger partial charge >= 0.3 is 0 Å². The Morgan fingerprint density at radius 3 is 2.24 bits per heavy atom. The van der Waals surface area contributed by atoms with Crippen LogP contribution in [0.1, 0.15) is 126 Å². The number of ketones is 2. The molecular formula is C40H53ClO4. The maximum Gasteiger partial charge on any atom is 0.230 e. The lowest BCUT2D eigenvalue weighted by Crippen LogP contribution is -2.66. The van der Waals surface area contributed by atoms with Gasteiger partial charge in [-0.2, -0.15) is 0 Å². The third-order valence-electron chi connectivity index (χ3n) is 15.7. The number of hydrogen-bond acceptors (Lipinski definition) is 4. The van der Waals surface area contributed by atoms with Gasteiger partial charge in [-0.1, -0.05) is 82.6 Å². The Hall–Kier alpha value is -1.91. The summed E-state index contributed by atoms with van der Waals surface area (Å²) in [5, 5.41) is 11.0. The molecule has 1 N–H and O–H groups in total. The maximum absolute atomic E-state index is 13.5. The van der Waals surface area contributed by atoms with Crippen LogP contribution in [0.2, 0.25) is 0 Å². The van der Waals surface area contributed by atoms with E-state index >= 15 is 0 Å². The van der Waals surface area contributed by atoms with E-state index in [9.17, 15) is 14.7 Å². The Labute approximate surface area is 275 Å². The van der Waals surface area contributed by atoms with Gasteiger partial charge in [-0.15, -0.1) is 0 Å². The molecule has 0 radical (unpaired) electrons. The summed E-state index contributed by atoms with van der Waals surface area (Å²) in [6, 6.07) is 6.92. The van der Waals surface area contributed by atoms with Crippen LogP contribution in [-0.2, 0) is 4.74 Å². The fraction of sp³-hybridized carbons (Fsp3) is 0.700. The molecule has 7 rings (SSSR count). The zero-order chi connectivity index (χ0) is 32.3. The van der Waals surface area contributed by atoms with Gasteiger partial charge in [-0.3, -0.25) is 9.59 Å². The van der Waals surface area contributed by atoms with Gasteiger partial charge in [0.05, 0.1) is 12.7 Å². The molecule has 45 heavy (non-hydrogen) atoms. The molecular weight excluding hydrogens is 580 g/mol. The molecule has 0 unspecified atom stereocenters. The zero-order valence-electron chi connectivity index (χ0n) is 28.3. The molecule has 0 heterocycles. The lowest BCUT2D eigenvalue weighted by atomic mass is 9.32. The highest BCUT2D eigenvalue weighted by Crippen LogP contribution is 2.77. The van der Waals surface area contributed by atoms with Crippen molar-refractivity contribution in [1.82, 2.24) is 0 Å². The number of fused-ring (bicyclic) bond motifs is 8. The van der Waals surface area contributed by atoms with Crippen molar-refractivity contribution in [3.8, 4) is 0 Å². The van der Waals surface area contributed by atoms with Gasteiger partial charge in [0.15, 0.2) is 5.76 Å². The second-order valence-electron chi connectivity index (χ2n) is 17.6. The molecule has 0 bridgehead atoms. The standard InChI is InChI=1S/C40H53ClO4/c1-23(2)24-14-19-40(22-45-35-32(41)33(43)25-10-8-9-11-26(25)34(35)44)21-20-38(6)27(31(24)40)12-13-29-37(5)17-16-30(42)36(3,4)28(37)15-18-39(29,38)7/h8-11,24,27-31,42H,1,12-22H2,2-7H3/t24-,27+,28-,29+,30-,31+,37-,38+,39+,40+/m0/s1. The lowest BCUT2D eigenvalue weighted by Gasteiger charge is -2.73. The molecule has 0 spiro atoms. The number of halogens is 1. The highest BCUT2D eigenvalue weighted by atomic mass is 35.5. The first-order valence-electron chi connectivity index (χ1n) is 17.7. The van der Waals surface area contributed by atoms with Gasteiger partial charge in [0.25, 0.3) is 0 Å². The minimum atomic E-state index is -0.327. The normalized spacial score (nSPS) is 45.2. The highest BCUT2D eigenvalue weighted by Gasteiger charge is 2.71. The van der Waals surface area contributed by atoms with Crippen molar-refractivity contribution in [2.45, 2.75) is 112 Å². The molecule has 1 aromatic carbocycles. The average Bonchev–Trinajstić information content (AvgIpc) is 3.39. The second-order valence-corrected chi connectivity index (χ2v) is 17.9. The summed E-state index contributed by atoms with van der Waals surface area (Å²) in [5.41, 5.74) is 2.57. The molecule has 6 aliphatic rings. The number of Topliss-reactive ketones (excluding diaryl/α,β-unsaturated/α-hetero) is 2. The summed E-state index contributed by atoms with van der Waals surface area (Å²) >= 11 is 6.57. The summed E-state index contributed by atoms with van der Waals surface area (Å²) < 4.78 is 6.50. The number of ether oxygens (including phenoxy) is 1. The third-order valence-corrected chi connectivity index (χ3v) is 16.1. The Balaban J connectivity index is 1.21. The van der Waals surface area contributed by atoms with E-state index in [4.69, 9.17) is 16.3 Å². The quantitative estimate of drug-likeness (QED) is 0.336. The number of hydrogen-bond donors (Lipinski definition) is 1. The summed E-state index contributed by atoms with van der Waals surface area (Å²) in [4.78, 5) is 26.7. The minimum absolute atomic E-state index is 0.0321. The van der Waals surface area contributed by atoms with Gasteiger partial charge in [-0.25, -0.2) is 0 Å². The lowest BCUT2D eigenvalue weighted by molar-refractivity contribution is -0.249. The Morgan fingerprint density at radius 2 is 1.56 bits per heavy atom. The highest BCUT2D eigenvalue weighted by molar-refractivity contribution is 6.49. The molecule has 4 nitrogen and oxygen atoms in total. The Morgan fingerprint density at radius 1 is 0.867 bits per heavy atom. The van der Waals surface area contributed by atoms with Crippen molar-refractivity contribution in [3.63, 3.8) is 0 Å². The van der Waals surface area contributed by atoms with Crippen LogP contribution in [0.15, 0.2) is 47.2 Å². The molecule has 5 heteroatoms. The van der Waals surface area contributed by atoms with Gasteiger partial charge in [-0.05, 0) is 122 Å². The Kier molecular flexibility index (Phi) is 7.25. The van der Waals surface area contributed by atoms with Crippen molar-refractivity contribution in [2.24, 2.45) is 56.7 Å². The number of carbonyl (C=O) groups excluding carboxylic acids is 2. The van der Waals surface area contributed by atoms with Crippen molar-refractivity contribution in [3.05, 3.63) is 58.3 Å². The SMILES string of the molecule is C=C(C)[C@@H]1CC[C@]2(COC3=C(Cl)C(=O)c4ccccc4C3=O)CC[C@]3(C)[C@H](CC[C@@H]4[C@@]5(C)CC[C@H](O)C(C)(C)[C@@H]5CC[C@]43C)[C@@H]12. The number of aliphatic hydroxyl groups excluding tert-OH is 1. The smallest absolute Gasteiger partial charge is 0.230 e. The van der Waals surface area contributed by atoms with Gasteiger partial charge < -0.3 is 9.84 Å². The monoisotopic (exact) mass is 632 g/mol. The van der Waals surface area contributed by atoms with Gasteiger partial charge in [0, 0.05) is 16.5 Å². The fourth-order valence-corrected chi connectivity index (χ4v) is 13.4. The molecule has 0 aromatic heterocycles. The first kappa shape index (κ1) is 31.7. The van der Waals surface area contributed by atoms with E-state index in [0.29, 0.717) is 47.3 Å². The zero-order valence-corrected chi connectivity index (χ0v) is 29.1. The molecule has 0 saturated heterocycles. The average molecular weight is 633 g/mol. The summed E-state index contributed by atoms with van der Waals surface area (Å²) in [6.07, 6.45) is 11.1. The minimum Gasteiger partial charge on any atom is -0.487 e. The predicted octanol–water partition coefficient (Wildman–Crippen LogP) is 9.55. The summed E-state index contributed by atoms with van der Waals surface area (Å²) in [6.45, 7) is 19.7. The number of rotatable bonds is 4. The van der Waals surface area contributed by atoms with E-state index in [1.165, 1.54) is 31.3 Å². The molecule has 0 amide bonds. The molecule has 244 valence electrons. The van der Waals surface area contributed by atoms with Crippen LogP contribution >= 0.6 is 11.6 Å². The van der Waals surface area contributed by atoms with Crippen LogP contribution < -0.4 is 0 Å². The summed E-state index contributed by atoms with van der Waals surface area (Å²) in [7, 11) is 0. The second kappa shape index (κ2) is 10.3. The number of benzene rings is 1. The van der Waals surface area contributed by atoms with Crippen LogP contribution in [0.25, 0.3) is 0 Å². The Bertz CT molecular complexity index is 1490. The van der Waals surface area contributed by atoms with E-state index < -0.39 is 0 Å². The van der Waals surface area contributed by atoms with Crippen LogP contribution in [0.5, 0.6) is 0 Å². The predicted molar refractivity (Wildman–Crippen MR) is 179 cm³/mol. The van der Waals surface area contributed by atoms with E-state index in [0.717, 1.165) is 38.5 Å². The molecule has 0 aliphatic heterocycles. The van der Waals surface area contributed by atoms with Crippen molar-refractivity contribution in [2.75, 3.05) is 6.61 Å². The topological polar surface area (TPSA) is 63.6 Å². The van der Waals surface area contributed by atoms with Gasteiger partial charge in [0.2, 0.25) is 11.6 Å². The number of carbonyl (C=O) groups is 2. The van der Waals surface area contributed by atoms with E-state index in [-0.39, 0.29) is 55.5 Å². The first-order valence-corrected chi connectivity index (χ1v) is 18.0. The third kappa shape index (κ3) is 4.12. The van der Waals surface area contributed by atoms with E-state index in [1.807, 2.05) is 0 Å². The van der Waals surface area contributed by atoms with Crippen molar-refractivity contribution >= 4 is 23.2 Å². The maximum atomic E-state index is 13.5. The molecule has 5 fully saturated rings. The number of allylic oxidation sites excluding steroid dienone is 3. The largest absolute Gasteiger partial charge is 0.487 e. The molecule has 10 atom stereocenters. The van der Waals surface area contributed by atoms with Crippen LogP contribution in [-0.4, -0.2) is 29.4 Å². The molecule has 6 aliphatic carbocycles. The van der Waals surface area contributed by atoms with Crippen LogP contribution in [0, 0.1) is 56.7 Å². The molecule has 1 aromatic rings. The van der Waals surface area contributed by atoms with Crippen LogP contribution in [0.4, 0.5) is 0 Å². The van der Waals surface area contributed by atoms with Crippen molar-refractivity contribution < 1.29 is 19.4 Å². The fourth-order valence-electron chi connectivity index (χ4n) is 13.2. The van der Waals surface area contributed by atoms with E-state index in [2.05, 4.69) is 48.1 Å². The van der Waals surface area contributed by atoms with Crippen molar-refractivity contribution in [1.29, 1.82) is 0 Å². The first-order chi connectivity index (χ1) is 21.1. The van der Waals surface area contributed by atoms with Crippen LogP contribution in [0.3, 0.4) is 0 Å². The summed E-state index contributed by atoms with van der Waals surface area (Å²) in [5.74, 6) is 2.05. The van der Waals surface area contributed by atoms with E-state index in [1.54, 1.807) is 24.3 Å². The number of aliphatic hydroxyl groups is 1.